The number of carbonyl (C=O) groups excluding carboxylic acids is 2. The number of hydrogen-bond donors (Lipinski definition) is 4. The highest BCUT2D eigenvalue weighted by atomic mass is 35.5. The van der Waals surface area contributed by atoms with Crippen molar-refractivity contribution in [1.82, 2.24) is 30.5 Å². The van der Waals surface area contributed by atoms with Crippen molar-refractivity contribution in [1.29, 1.82) is 0 Å². The van der Waals surface area contributed by atoms with Gasteiger partial charge in [0.15, 0.2) is 0 Å². The zero-order chi connectivity index (χ0) is 34.5. The van der Waals surface area contributed by atoms with Crippen LogP contribution in [0.4, 0.5) is 5.69 Å². The van der Waals surface area contributed by atoms with Crippen LogP contribution in [-0.4, -0.2) is 82.8 Å². The summed E-state index contributed by atoms with van der Waals surface area (Å²) < 4.78 is 11.2. The number of likely N-dealkylation sites (tertiary alicyclic amines) is 1. The number of methoxy groups -OCH3 is 2. The minimum Gasteiger partial charge on any atom is -0.496 e. The van der Waals surface area contributed by atoms with E-state index in [-0.39, 0.29) is 28.8 Å². The molecule has 14 heteroatoms. The molecule has 4 N–H and O–H groups in total. The van der Waals surface area contributed by atoms with Gasteiger partial charge in [0, 0.05) is 85.9 Å². The molecule has 256 valence electrons. The van der Waals surface area contributed by atoms with Gasteiger partial charge in [0.2, 0.25) is 11.8 Å². The van der Waals surface area contributed by atoms with Crippen molar-refractivity contribution in [2.24, 2.45) is 0 Å². The predicted molar refractivity (Wildman–Crippen MR) is 187 cm³/mol. The fourth-order valence-electron chi connectivity index (χ4n) is 6.06. The van der Waals surface area contributed by atoms with Gasteiger partial charge in [-0.05, 0) is 31.0 Å². The molecule has 49 heavy (non-hydrogen) atoms. The van der Waals surface area contributed by atoms with Gasteiger partial charge in [0.05, 0.1) is 47.4 Å². The Labute approximate surface area is 294 Å². The maximum atomic E-state index is 13.3. The predicted octanol–water partition coefficient (Wildman–Crippen LogP) is 4.72. The molecule has 3 aromatic heterocycles. The van der Waals surface area contributed by atoms with Crippen LogP contribution >= 0.6 is 23.2 Å². The van der Waals surface area contributed by atoms with E-state index in [1.807, 2.05) is 12.1 Å². The molecule has 2 aliphatic rings. The number of carbonyl (C=O) groups is 2. The molecule has 4 aromatic rings. The average Bonchev–Trinajstić information content (AvgIpc) is 3.72. The number of aliphatic hydroxyl groups is 1. The fraction of sp³-hybridized carbons (Fsp3) is 0.343. The maximum Gasteiger partial charge on any atom is 0.274 e. The van der Waals surface area contributed by atoms with Crippen molar-refractivity contribution in [3.8, 4) is 34.1 Å². The van der Waals surface area contributed by atoms with Crippen molar-refractivity contribution in [2.75, 3.05) is 39.2 Å². The van der Waals surface area contributed by atoms with Gasteiger partial charge in [-0.3, -0.25) is 24.5 Å². The van der Waals surface area contributed by atoms with Crippen LogP contribution in [0.25, 0.3) is 22.5 Å². The summed E-state index contributed by atoms with van der Waals surface area (Å²) >= 11 is 13.8. The number of β-amino-alcohol motifs (C(OH)–C–C–N with tert-alkyl or cyclic N) is 1. The van der Waals surface area contributed by atoms with Gasteiger partial charge in [-0.2, -0.15) is 0 Å². The Morgan fingerprint density at radius 3 is 2.65 bits per heavy atom. The molecule has 1 aromatic carbocycles. The number of amides is 2. The Balaban J connectivity index is 1.18. The van der Waals surface area contributed by atoms with Gasteiger partial charge >= 0.3 is 0 Å². The lowest BCUT2D eigenvalue weighted by molar-refractivity contribution is -0.119. The lowest BCUT2D eigenvalue weighted by Crippen LogP contribution is -2.35. The number of anilines is 1. The number of benzene rings is 1. The molecule has 2 fully saturated rings. The number of rotatable bonds is 12. The van der Waals surface area contributed by atoms with Crippen LogP contribution in [0.5, 0.6) is 11.6 Å². The number of aromatic nitrogens is 3. The smallest absolute Gasteiger partial charge is 0.274 e. The average molecular weight is 707 g/mol. The minimum absolute atomic E-state index is 0.0812. The van der Waals surface area contributed by atoms with Crippen molar-refractivity contribution in [3.63, 3.8) is 0 Å². The molecule has 6 rings (SSSR count). The first-order valence-corrected chi connectivity index (χ1v) is 16.7. The first-order chi connectivity index (χ1) is 23.7. The lowest BCUT2D eigenvalue weighted by Gasteiger charge is -2.17. The molecule has 2 saturated heterocycles. The highest BCUT2D eigenvalue weighted by Gasteiger charge is 2.24. The molecule has 2 amide bonds. The van der Waals surface area contributed by atoms with Gasteiger partial charge in [-0.25, -0.2) is 4.98 Å². The van der Waals surface area contributed by atoms with Gasteiger partial charge in [0.1, 0.15) is 11.4 Å². The summed E-state index contributed by atoms with van der Waals surface area (Å²) in [5.74, 6) is 0.596. The third-order valence-electron chi connectivity index (χ3n) is 8.63. The molecule has 0 bridgehead atoms. The standard InChI is InChI=1S/C35H37Cl2N7O5/c1-48-29-14-28(40-16-21(29)18-44-13-11-23(45)19-44)34(47)42-27-5-3-4-25(31(27)36)33-32(37)24(10-12-39-33)26-8-6-20(35(43-26)49-2)15-38-17-22-7-9-30(46)41-22/h3-6,8,10,12,14,16,22-23,38,45H,7,9,11,13,15,17-19H2,1-2H3,(H,41,46)(H,42,47)/t22-,23-/m0/s1. The van der Waals surface area contributed by atoms with E-state index in [0.717, 1.165) is 30.5 Å². The topological polar surface area (TPSA) is 151 Å². The molecule has 0 aliphatic carbocycles. The number of nitrogens with one attached hydrogen (secondary N) is 3. The van der Waals surface area contributed by atoms with E-state index in [4.69, 9.17) is 37.7 Å². The summed E-state index contributed by atoms with van der Waals surface area (Å²) in [7, 11) is 3.11. The number of halogens is 2. The van der Waals surface area contributed by atoms with Crippen LogP contribution in [-0.2, 0) is 17.9 Å². The van der Waals surface area contributed by atoms with Crippen molar-refractivity contribution < 1.29 is 24.2 Å². The van der Waals surface area contributed by atoms with Crippen LogP contribution in [0.3, 0.4) is 0 Å². The second kappa shape index (κ2) is 15.5. The second-order valence-corrected chi connectivity index (χ2v) is 12.8. The number of hydrogen-bond acceptors (Lipinski definition) is 10. The number of ether oxygens (including phenoxy) is 2. The summed E-state index contributed by atoms with van der Waals surface area (Å²) in [4.78, 5) is 40.5. The zero-order valence-corrected chi connectivity index (χ0v) is 28.6. The Hall–Kier alpha value is -4.33. The SMILES string of the molecule is COc1cc(C(=O)Nc2cccc(-c3nccc(-c4ccc(CNC[C@@H]5CCC(=O)N5)c(OC)n4)c3Cl)c2Cl)ncc1CN1CC[C@H](O)C1. The van der Waals surface area contributed by atoms with Crippen molar-refractivity contribution in [3.05, 3.63) is 81.7 Å². The largest absolute Gasteiger partial charge is 0.496 e. The third kappa shape index (κ3) is 7.95. The molecular formula is C35H37Cl2N7O5. The highest BCUT2D eigenvalue weighted by Crippen LogP contribution is 2.40. The molecular weight excluding hydrogens is 669 g/mol. The van der Waals surface area contributed by atoms with Crippen LogP contribution in [0, 0.1) is 0 Å². The van der Waals surface area contributed by atoms with E-state index in [1.165, 1.54) is 0 Å². The number of nitrogens with zero attached hydrogens (tertiary/aromatic N) is 4. The molecule has 0 saturated carbocycles. The number of pyridine rings is 3. The van der Waals surface area contributed by atoms with Crippen LogP contribution < -0.4 is 25.4 Å². The van der Waals surface area contributed by atoms with E-state index in [2.05, 4.69) is 30.8 Å². The van der Waals surface area contributed by atoms with Crippen molar-refractivity contribution in [2.45, 2.75) is 44.5 Å². The molecule has 0 unspecified atom stereocenters. The fourth-order valence-corrected chi connectivity index (χ4v) is 6.64. The Morgan fingerprint density at radius 2 is 1.92 bits per heavy atom. The molecule has 0 radical (unpaired) electrons. The summed E-state index contributed by atoms with van der Waals surface area (Å²) in [6.45, 7) is 3.09. The quantitative estimate of drug-likeness (QED) is 0.163. The third-order valence-corrected chi connectivity index (χ3v) is 9.42. The van der Waals surface area contributed by atoms with E-state index < -0.39 is 5.91 Å². The Morgan fingerprint density at radius 1 is 1.06 bits per heavy atom. The zero-order valence-electron chi connectivity index (χ0n) is 27.1. The van der Waals surface area contributed by atoms with E-state index in [1.54, 1.807) is 56.9 Å². The first-order valence-electron chi connectivity index (χ1n) is 16.0. The minimum atomic E-state index is -0.466. The van der Waals surface area contributed by atoms with Gasteiger partial charge in [-0.15, -0.1) is 0 Å². The van der Waals surface area contributed by atoms with Gasteiger partial charge in [0.25, 0.3) is 5.91 Å². The normalized spacial score (nSPS) is 17.6. The summed E-state index contributed by atoms with van der Waals surface area (Å²) in [6.07, 6.45) is 5.00. The van der Waals surface area contributed by atoms with Crippen LogP contribution in [0.2, 0.25) is 10.0 Å². The Bertz CT molecular complexity index is 1860. The van der Waals surface area contributed by atoms with Gasteiger partial charge in [-0.1, -0.05) is 41.4 Å². The van der Waals surface area contributed by atoms with Crippen LogP contribution in [0.1, 0.15) is 40.9 Å². The van der Waals surface area contributed by atoms with E-state index >= 15 is 0 Å². The molecule has 5 heterocycles. The van der Waals surface area contributed by atoms with E-state index in [0.29, 0.717) is 77.5 Å². The van der Waals surface area contributed by atoms with Gasteiger partial charge < -0.3 is 30.5 Å². The Kier molecular flexibility index (Phi) is 10.9. The number of aliphatic hydroxyl groups excluding tert-OH is 1. The summed E-state index contributed by atoms with van der Waals surface area (Å²) in [5.41, 5.74) is 4.35. The molecule has 0 spiro atoms. The molecule has 2 atom stereocenters. The molecule has 2 aliphatic heterocycles. The van der Waals surface area contributed by atoms with Crippen LogP contribution in [0.15, 0.2) is 54.9 Å². The monoisotopic (exact) mass is 705 g/mol. The maximum absolute atomic E-state index is 13.3. The summed E-state index contributed by atoms with van der Waals surface area (Å²) in [6, 6.07) is 12.5. The first kappa shape index (κ1) is 34.5. The summed E-state index contributed by atoms with van der Waals surface area (Å²) in [5, 5.41) is 19.6. The second-order valence-electron chi connectivity index (χ2n) is 12.0. The highest BCUT2D eigenvalue weighted by molar-refractivity contribution is 6.39. The molecule has 12 nitrogen and oxygen atoms in total. The van der Waals surface area contributed by atoms with Crippen molar-refractivity contribution >= 4 is 40.7 Å². The lowest BCUT2D eigenvalue weighted by atomic mass is 10.1. The van der Waals surface area contributed by atoms with E-state index in [9.17, 15) is 14.7 Å².